The highest BCUT2D eigenvalue weighted by atomic mass is 16.5. The van der Waals surface area contributed by atoms with Crippen LogP contribution >= 0.6 is 0 Å². The fourth-order valence-corrected chi connectivity index (χ4v) is 6.40. The molecule has 0 atom stereocenters. The predicted molar refractivity (Wildman–Crippen MR) is 238 cm³/mol. The van der Waals surface area contributed by atoms with Crippen LogP contribution in [0.3, 0.4) is 0 Å². The Bertz CT molecular complexity index is 897. The maximum Gasteiger partial charge on any atom is 0.306 e. The van der Waals surface area contributed by atoms with Gasteiger partial charge in [0.05, 0.1) is 26.2 Å². The molecule has 0 aromatic rings. The number of allylic oxidation sites excluding steroid dienone is 8. The first-order chi connectivity index (χ1) is 27.6. The van der Waals surface area contributed by atoms with Crippen molar-refractivity contribution in [1.82, 2.24) is 5.32 Å². The molecule has 0 saturated heterocycles. The molecule has 0 saturated carbocycles. The average Bonchev–Trinajstić information content (AvgIpc) is 3.20. The minimum absolute atomic E-state index is 0.0471. The van der Waals surface area contributed by atoms with Crippen LogP contribution < -0.4 is 5.32 Å². The molecular weight excluding hydrogens is 699 g/mol. The summed E-state index contributed by atoms with van der Waals surface area (Å²) in [6, 6.07) is 0. The molecule has 0 radical (unpaired) electrons. The van der Waals surface area contributed by atoms with E-state index in [4.69, 9.17) is 18.9 Å². The summed E-state index contributed by atoms with van der Waals surface area (Å²) >= 11 is 0. The van der Waals surface area contributed by atoms with Crippen molar-refractivity contribution >= 4 is 11.9 Å². The summed E-state index contributed by atoms with van der Waals surface area (Å²) in [6.45, 7) is 7.77. The summed E-state index contributed by atoms with van der Waals surface area (Å²) in [5.74, 6) is -0.393. The molecule has 1 N–H and O–H groups in total. The molecule has 0 aliphatic carbocycles. The molecule has 56 heavy (non-hydrogen) atoms. The summed E-state index contributed by atoms with van der Waals surface area (Å²) < 4.78 is 21.9. The first kappa shape index (κ1) is 53.8. The van der Waals surface area contributed by atoms with E-state index in [1.807, 2.05) is 0 Å². The van der Waals surface area contributed by atoms with Gasteiger partial charge < -0.3 is 24.3 Å². The van der Waals surface area contributed by atoms with Crippen LogP contribution in [0.4, 0.5) is 0 Å². The highest BCUT2D eigenvalue weighted by Gasteiger charge is 2.15. The van der Waals surface area contributed by atoms with Gasteiger partial charge in [0.25, 0.3) is 0 Å². The van der Waals surface area contributed by atoms with Gasteiger partial charge in [-0.2, -0.15) is 0 Å². The third-order valence-electron chi connectivity index (χ3n) is 9.89. The third-order valence-corrected chi connectivity index (χ3v) is 9.89. The first-order valence-corrected chi connectivity index (χ1v) is 23.3. The van der Waals surface area contributed by atoms with E-state index in [0.29, 0.717) is 39.6 Å². The molecule has 7 heteroatoms. The van der Waals surface area contributed by atoms with Crippen molar-refractivity contribution < 1.29 is 28.5 Å². The Morgan fingerprint density at radius 1 is 0.482 bits per heavy atom. The standard InChI is InChI=1S/C49H89NO6/c1-4-6-8-10-12-14-16-18-20-22-24-26-28-30-32-34-37-47(38-35-33-31-29-27-25-23-21-19-17-15-13-11-9-7-5-2)56-49(52)40-39-48(51)50-41-44-54-42-36-43-55-46-45-53-3/h12-15,18-21,47H,4-11,16-17,22-46H2,1-3H3,(H,50,51)/b14-12-,15-13-,20-18-,21-19-. The number of amides is 1. The smallest absolute Gasteiger partial charge is 0.306 e. The Kier molecular flexibility index (Phi) is 45.3. The molecule has 7 nitrogen and oxygen atoms in total. The number of carbonyl (C=O) groups excluding carboxylic acids is 2. The molecule has 0 heterocycles. The SMILES string of the molecule is CCCCC/C=C\C/C=C\CCCCCCCCC(CCCCCCCC/C=C\C/C=C\CCCCC)OC(=O)CCC(=O)NCCOCCCOCCOC. The maximum atomic E-state index is 12.8. The van der Waals surface area contributed by atoms with E-state index < -0.39 is 0 Å². The van der Waals surface area contributed by atoms with Crippen molar-refractivity contribution in [3.05, 3.63) is 48.6 Å². The number of rotatable bonds is 44. The van der Waals surface area contributed by atoms with Crippen LogP contribution in [0.2, 0.25) is 0 Å². The zero-order valence-corrected chi connectivity index (χ0v) is 36.9. The monoisotopic (exact) mass is 788 g/mol. The highest BCUT2D eigenvalue weighted by Crippen LogP contribution is 2.18. The molecule has 0 bridgehead atoms. The summed E-state index contributed by atoms with van der Waals surface area (Å²) in [4.78, 5) is 25.1. The molecule has 0 fully saturated rings. The topological polar surface area (TPSA) is 83.1 Å². The van der Waals surface area contributed by atoms with Crippen LogP contribution in [0.25, 0.3) is 0 Å². The normalized spacial score (nSPS) is 12.1. The summed E-state index contributed by atoms with van der Waals surface area (Å²) in [5.41, 5.74) is 0. The minimum Gasteiger partial charge on any atom is -0.462 e. The zero-order chi connectivity index (χ0) is 40.7. The maximum absolute atomic E-state index is 12.8. The Labute approximate surface area is 346 Å². The number of esters is 1. The number of carbonyl (C=O) groups is 2. The lowest BCUT2D eigenvalue weighted by molar-refractivity contribution is -0.151. The van der Waals surface area contributed by atoms with Crippen LogP contribution in [-0.4, -0.2) is 64.7 Å². The minimum atomic E-state index is -0.255. The van der Waals surface area contributed by atoms with Gasteiger partial charge in [-0.25, -0.2) is 0 Å². The molecule has 1 amide bonds. The molecule has 0 unspecified atom stereocenters. The number of methoxy groups -OCH3 is 1. The first-order valence-electron chi connectivity index (χ1n) is 23.3. The van der Waals surface area contributed by atoms with Gasteiger partial charge in [-0.15, -0.1) is 0 Å². The second kappa shape index (κ2) is 47.2. The predicted octanol–water partition coefficient (Wildman–Crippen LogP) is 13.3. The van der Waals surface area contributed by atoms with E-state index in [-0.39, 0.29) is 30.8 Å². The molecule has 0 aromatic carbocycles. The second-order valence-electron chi connectivity index (χ2n) is 15.3. The fourth-order valence-electron chi connectivity index (χ4n) is 6.40. The lowest BCUT2D eigenvalue weighted by Gasteiger charge is -2.18. The zero-order valence-electron chi connectivity index (χ0n) is 36.9. The van der Waals surface area contributed by atoms with E-state index in [0.717, 1.165) is 44.9 Å². The van der Waals surface area contributed by atoms with E-state index in [9.17, 15) is 9.59 Å². The number of hydrogen-bond acceptors (Lipinski definition) is 6. The summed E-state index contributed by atoms with van der Waals surface area (Å²) in [6.07, 6.45) is 50.8. The average molecular weight is 788 g/mol. The Hall–Kier alpha value is -2.22. The lowest BCUT2D eigenvalue weighted by Crippen LogP contribution is -2.28. The summed E-state index contributed by atoms with van der Waals surface area (Å²) in [7, 11) is 1.65. The van der Waals surface area contributed by atoms with Crippen LogP contribution in [0, 0.1) is 0 Å². The number of hydrogen-bond donors (Lipinski definition) is 1. The molecule has 0 aromatic heterocycles. The Morgan fingerprint density at radius 3 is 1.41 bits per heavy atom. The number of nitrogens with one attached hydrogen (secondary N) is 1. The quantitative estimate of drug-likeness (QED) is 0.0376. The molecule has 0 spiro atoms. The third kappa shape index (κ3) is 44.5. The van der Waals surface area contributed by atoms with Gasteiger partial charge in [-0.3, -0.25) is 9.59 Å². The van der Waals surface area contributed by atoms with Gasteiger partial charge >= 0.3 is 5.97 Å². The largest absolute Gasteiger partial charge is 0.462 e. The number of ether oxygens (including phenoxy) is 4. The van der Waals surface area contributed by atoms with E-state index >= 15 is 0 Å². The van der Waals surface area contributed by atoms with E-state index in [1.54, 1.807) is 7.11 Å². The van der Waals surface area contributed by atoms with Gasteiger partial charge in [0.1, 0.15) is 6.10 Å². The van der Waals surface area contributed by atoms with Crippen molar-refractivity contribution in [1.29, 1.82) is 0 Å². The van der Waals surface area contributed by atoms with Gasteiger partial charge in [-0.1, -0.05) is 140 Å². The van der Waals surface area contributed by atoms with Crippen molar-refractivity contribution in [3.63, 3.8) is 0 Å². The fraction of sp³-hybridized carbons (Fsp3) is 0.796. The van der Waals surface area contributed by atoms with Gasteiger partial charge in [-0.05, 0) is 96.3 Å². The Morgan fingerprint density at radius 2 is 0.929 bits per heavy atom. The van der Waals surface area contributed by atoms with Crippen LogP contribution in [-0.2, 0) is 28.5 Å². The van der Waals surface area contributed by atoms with Crippen molar-refractivity contribution in [2.75, 3.05) is 46.7 Å². The lowest BCUT2D eigenvalue weighted by atomic mass is 10.0. The van der Waals surface area contributed by atoms with Crippen molar-refractivity contribution in [3.8, 4) is 0 Å². The van der Waals surface area contributed by atoms with Gasteiger partial charge in [0, 0.05) is 33.3 Å². The summed E-state index contributed by atoms with van der Waals surface area (Å²) in [5, 5.41) is 2.85. The molecular formula is C49H89NO6. The van der Waals surface area contributed by atoms with Crippen LogP contribution in [0.15, 0.2) is 48.6 Å². The van der Waals surface area contributed by atoms with Crippen LogP contribution in [0.5, 0.6) is 0 Å². The molecule has 0 aliphatic heterocycles. The number of unbranched alkanes of at least 4 members (excludes halogenated alkanes) is 18. The molecule has 0 aliphatic rings. The molecule has 0 rings (SSSR count). The van der Waals surface area contributed by atoms with Crippen molar-refractivity contribution in [2.24, 2.45) is 0 Å². The van der Waals surface area contributed by atoms with E-state index in [2.05, 4.69) is 67.8 Å². The van der Waals surface area contributed by atoms with Gasteiger partial charge in [0.2, 0.25) is 5.91 Å². The highest BCUT2D eigenvalue weighted by molar-refractivity contribution is 5.81. The molecule has 326 valence electrons. The van der Waals surface area contributed by atoms with Crippen LogP contribution in [0.1, 0.15) is 200 Å². The Balaban J connectivity index is 4.30. The van der Waals surface area contributed by atoms with Gasteiger partial charge in [0.15, 0.2) is 0 Å². The second-order valence-corrected chi connectivity index (χ2v) is 15.3. The van der Waals surface area contributed by atoms with Crippen molar-refractivity contribution in [2.45, 2.75) is 206 Å². The van der Waals surface area contributed by atoms with E-state index in [1.165, 1.54) is 128 Å².